The number of halogens is 1. The average molecular weight is 333 g/mol. The number of nitrogens with zero attached hydrogens (tertiary/aromatic N) is 1. The van der Waals surface area contributed by atoms with Crippen LogP contribution in [0.4, 0.5) is 4.48 Å². The molecule has 0 aliphatic carbocycles. The van der Waals surface area contributed by atoms with Gasteiger partial charge in [-0.2, -0.15) is 0 Å². The van der Waals surface area contributed by atoms with E-state index >= 15 is 0 Å². The van der Waals surface area contributed by atoms with Crippen LogP contribution < -0.4 is 0 Å². The first-order valence-electron chi connectivity index (χ1n) is 3.13. The van der Waals surface area contributed by atoms with Crippen molar-refractivity contribution in [3.05, 3.63) is 0 Å². The summed E-state index contributed by atoms with van der Waals surface area (Å²) >= 11 is 0.630. The summed E-state index contributed by atoms with van der Waals surface area (Å²) in [5.74, 6) is 0. The summed E-state index contributed by atoms with van der Waals surface area (Å²) in [5.41, 5.74) is 0.0220. The molecule has 0 rings (SSSR count). The van der Waals surface area contributed by atoms with Gasteiger partial charge in [-0.1, -0.05) is 20.8 Å². The zero-order valence-electron chi connectivity index (χ0n) is 6.91. The van der Waals surface area contributed by atoms with Crippen LogP contribution in [0.15, 0.2) is 3.72 Å². The molecule has 66 valence electrons. The van der Waals surface area contributed by atoms with Crippen molar-refractivity contribution in [2.75, 3.05) is 0 Å². The molecule has 0 aromatic heterocycles. The summed E-state index contributed by atoms with van der Waals surface area (Å²) in [6.07, 6.45) is 0.438. The van der Waals surface area contributed by atoms with Crippen LogP contribution in [0, 0.1) is 5.41 Å². The van der Waals surface area contributed by atoms with Crippen molar-refractivity contribution in [2.45, 2.75) is 27.1 Å². The van der Waals surface area contributed by atoms with Gasteiger partial charge in [-0.3, -0.25) is 0 Å². The van der Waals surface area contributed by atoms with Crippen LogP contribution >= 0.6 is 0 Å². The Hall–Kier alpha value is 0.403. The molecule has 3 nitrogen and oxygen atoms in total. The normalized spacial score (nSPS) is 9.64. The molecule has 0 unspecified atom stereocenters. The van der Waals surface area contributed by atoms with Gasteiger partial charge in [0.05, 0.1) is 0 Å². The Balaban J connectivity index is 0. The van der Waals surface area contributed by atoms with Crippen molar-refractivity contribution in [3.8, 4) is 0 Å². The van der Waals surface area contributed by atoms with E-state index in [9.17, 15) is 4.48 Å². The molecule has 0 aliphatic heterocycles. The number of hydrogen-bond donors (Lipinski definition) is 2. The first-order chi connectivity index (χ1) is 4.83. The second-order valence-corrected chi connectivity index (χ2v) is 3.81. The predicted octanol–water partition coefficient (Wildman–Crippen LogP) is 1.11. The van der Waals surface area contributed by atoms with Crippen LogP contribution in [0.5, 0.6) is 0 Å². The van der Waals surface area contributed by atoms with E-state index in [0.717, 1.165) is 0 Å². The van der Waals surface area contributed by atoms with E-state index in [1.807, 2.05) is 20.8 Å². The van der Waals surface area contributed by atoms with E-state index in [1.165, 1.54) is 0 Å². The van der Waals surface area contributed by atoms with Crippen molar-refractivity contribution >= 4 is 7.12 Å². The molecule has 0 heterocycles. The second kappa shape index (κ2) is 7.07. The van der Waals surface area contributed by atoms with Crippen LogP contribution in [0.2, 0.25) is 6.32 Å². The number of rotatable bonds is 1. The molecule has 0 fully saturated rings. The monoisotopic (exact) mass is 333 g/mol. The van der Waals surface area contributed by atoms with Crippen LogP contribution in [0.3, 0.4) is 0 Å². The first-order valence-corrected chi connectivity index (χ1v) is 4.44. The molecular formula is C5H13BFNO2W. The SMILES string of the molecule is CC(C)(C)CB(O)O.F[N]=[W]. The molecule has 0 atom stereocenters. The van der Waals surface area contributed by atoms with Crippen LogP contribution in [0.25, 0.3) is 0 Å². The van der Waals surface area contributed by atoms with E-state index in [-0.39, 0.29) is 5.41 Å². The minimum absolute atomic E-state index is 0.0220. The van der Waals surface area contributed by atoms with Crippen LogP contribution in [0.1, 0.15) is 20.8 Å². The Morgan fingerprint density at radius 1 is 1.45 bits per heavy atom. The Morgan fingerprint density at radius 3 is 1.73 bits per heavy atom. The summed E-state index contributed by atoms with van der Waals surface area (Å²) in [4.78, 5) is 0. The Kier molecular flexibility index (Phi) is 8.98. The summed E-state index contributed by atoms with van der Waals surface area (Å²) in [6.45, 7) is 5.89. The van der Waals surface area contributed by atoms with Gasteiger partial charge in [0.1, 0.15) is 0 Å². The van der Waals surface area contributed by atoms with E-state index in [2.05, 4.69) is 3.72 Å². The summed E-state index contributed by atoms with van der Waals surface area (Å²) in [6, 6.07) is 0. The maximum atomic E-state index is 9.95. The van der Waals surface area contributed by atoms with E-state index < -0.39 is 7.12 Å². The first kappa shape index (κ1) is 14.0. The molecule has 6 heteroatoms. The van der Waals surface area contributed by atoms with E-state index in [1.54, 1.807) is 0 Å². The standard InChI is InChI=1S/C5H13BO2.FN.W/c1-5(2,3)4-6(7)8;1-2;/h7-8H,4H2,1-3H3;;. The minimum atomic E-state index is -1.16. The van der Waals surface area contributed by atoms with E-state index in [0.29, 0.717) is 26.0 Å². The third kappa shape index (κ3) is 25.2. The Morgan fingerprint density at radius 2 is 1.73 bits per heavy atom. The Bertz CT molecular complexity index is 107. The summed E-state index contributed by atoms with van der Waals surface area (Å²) < 4.78 is 12.0. The fourth-order valence-corrected chi connectivity index (χ4v) is 0.548. The van der Waals surface area contributed by atoms with Crippen molar-refractivity contribution in [3.63, 3.8) is 0 Å². The molecule has 2 N–H and O–H groups in total. The van der Waals surface area contributed by atoms with Gasteiger partial charge in [0.15, 0.2) is 0 Å². The molecule has 11 heavy (non-hydrogen) atoms. The molecule has 0 saturated heterocycles. The second-order valence-electron chi connectivity index (χ2n) is 3.31. The third-order valence-corrected chi connectivity index (χ3v) is 0.795. The van der Waals surface area contributed by atoms with Crippen LogP contribution in [-0.2, 0) is 19.6 Å². The zero-order chi connectivity index (χ0) is 9.49. The molecule has 0 aliphatic rings. The fraction of sp³-hybridized carbons (Fsp3) is 1.00. The molecule has 0 aromatic carbocycles. The molecule has 0 aromatic rings. The topological polar surface area (TPSA) is 52.8 Å². The van der Waals surface area contributed by atoms with Gasteiger partial charge in [-0.25, -0.2) is 0 Å². The van der Waals surface area contributed by atoms with Crippen molar-refractivity contribution in [2.24, 2.45) is 9.13 Å². The molecular weight excluding hydrogens is 320 g/mol. The van der Waals surface area contributed by atoms with Crippen LogP contribution in [-0.4, -0.2) is 17.2 Å². The van der Waals surface area contributed by atoms with Crippen molar-refractivity contribution < 1.29 is 34.2 Å². The summed E-state index contributed by atoms with van der Waals surface area (Å²) in [5, 5.41) is 16.9. The maximum absolute atomic E-state index is 9.95. The zero-order valence-corrected chi connectivity index (χ0v) is 9.85. The van der Waals surface area contributed by atoms with Gasteiger partial charge < -0.3 is 10.0 Å². The van der Waals surface area contributed by atoms with Gasteiger partial charge in [-0.05, 0) is 11.7 Å². The molecule has 0 amide bonds. The fourth-order valence-electron chi connectivity index (χ4n) is 0.548. The quantitative estimate of drug-likeness (QED) is 0.707. The predicted molar refractivity (Wildman–Crippen MR) is 38.0 cm³/mol. The van der Waals surface area contributed by atoms with Gasteiger partial charge in [0, 0.05) is 0 Å². The van der Waals surface area contributed by atoms with Crippen molar-refractivity contribution in [1.82, 2.24) is 0 Å². The third-order valence-electron chi connectivity index (χ3n) is 0.795. The number of hydrogen-bond acceptors (Lipinski definition) is 3. The summed E-state index contributed by atoms with van der Waals surface area (Å²) in [7, 11) is -1.16. The molecule has 0 saturated carbocycles. The molecule has 0 radical (unpaired) electrons. The Labute approximate surface area is 77.8 Å². The van der Waals surface area contributed by atoms with Gasteiger partial charge in [0.2, 0.25) is 0 Å². The van der Waals surface area contributed by atoms with Gasteiger partial charge in [-0.15, -0.1) is 0 Å². The average Bonchev–Trinajstić information content (AvgIpc) is 1.57. The molecule has 0 bridgehead atoms. The van der Waals surface area contributed by atoms with Gasteiger partial charge >= 0.3 is 34.9 Å². The molecule has 0 spiro atoms. The van der Waals surface area contributed by atoms with Crippen molar-refractivity contribution in [1.29, 1.82) is 0 Å². The van der Waals surface area contributed by atoms with E-state index in [4.69, 9.17) is 10.0 Å². The van der Waals surface area contributed by atoms with Gasteiger partial charge in [0.25, 0.3) is 0 Å².